The molecule has 0 saturated carbocycles. The van der Waals surface area contributed by atoms with Crippen LogP contribution in [0.3, 0.4) is 0 Å². The lowest BCUT2D eigenvalue weighted by molar-refractivity contribution is 1.08. The van der Waals surface area contributed by atoms with Gasteiger partial charge < -0.3 is 5.73 Å². The van der Waals surface area contributed by atoms with Crippen LogP contribution in [0.5, 0.6) is 0 Å². The number of hydrogen-bond acceptors (Lipinski definition) is 2. The van der Waals surface area contributed by atoms with E-state index in [-0.39, 0.29) is 0 Å². The van der Waals surface area contributed by atoms with Crippen molar-refractivity contribution in [1.82, 2.24) is 10.2 Å². The second-order valence-electron chi connectivity index (χ2n) is 1.80. The van der Waals surface area contributed by atoms with Gasteiger partial charge in [-0.05, 0) is 12.3 Å². The predicted octanol–water partition coefficient (Wildman–Crippen LogP) is 0.982. The third-order valence-electron chi connectivity index (χ3n) is 1.18. The number of aromatic nitrogens is 2. The Morgan fingerprint density at radius 3 is 3.10 bits per heavy atom. The fourth-order valence-electron chi connectivity index (χ4n) is 0.698. The number of hydrogen-bond donors (Lipinski definition) is 2. The first-order chi connectivity index (χ1) is 4.88. The Bertz CT molecular complexity index is 247. The molecule has 1 aromatic rings. The summed E-state index contributed by atoms with van der Waals surface area (Å²) < 4.78 is 0. The first kappa shape index (κ1) is 6.61. The van der Waals surface area contributed by atoms with Crippen LogP contribution in [0.15, 0.2) is 19.0 Å². The van der Waals surface area contributed by atoms with Crippen molar-refractivity contribution in [2.45, 2.75) is 0 Å². The molecular formula is C7H9N3. The van der Waals surface area contributed by atoms with Gasteiger partial charge in [0.25, 0.3) is 0 Å². The Balaban J connectivity index is 3.00. The van der Waals surface area contributed by atoms with E-state index in [9.17, 15) is 0 Å². The summed E-state index contributed by atoms with van der Waals surface area (Å²) in [5.74, 6) is 0. The molecule has 1 aromatic heterocycles. The van der Waals surface area contributed by atoms with Crippen LogP contribution >= 0.6 is 0 Å². The van der Waals surface area contributed by atoms with Crippen LogP contribution in [0.4, 0.5) is 0 Å². The van der Waals surface area contributed by atoms with E-state index in [0.717, 1.165) is 11.3 Å². The number of aromatic amines is 1. The summed E-state index contributed by atoms with van der Waals surface area (Å²) in [7, 11) is 0. The average Bonchev–Trinajstić information content (AvgIpc) is 2.36. The molecule has 1 heterocycles. The molecule has 0 saturated heterocycles. The summed E-state index contributed by atoms with van der Waals surface area (Å²) >= 11 is 0. The number of nitrogens with zero attached hydrogens (tertiary/aromatic N) is 1. The van der Waals surface area contributed by atoms with Crippen molar-refractivity contribution in [1.29, 1.82) is 0 Å². The quantitative estimate of drug-likeness (QED) is 0.635. The summed E-state index contributed by atoms with van der Waals surface area (Å²) in [5.41, 5.74) is 7.03. The minimum absolute atomic E-state index is 0.887. The lowest BCUT2D eigenvalue weighted by Gasteiger charge is -1.85. The van der Waals surface area contributed by atoms with Crippen LogP contribution in [-0.2, 0) is 0 Å². The summed E-state index contributed by atoms with van der Waals surface area (Å²) in [6.45, 7) is 3.61. The fraction of sp³-hybridized carbons (Fsp3) is 0. The Morgan fingerprint density at radius 1 is 1.70 bits per heavy atom. The molecular weight excluding hydrogens is 126 g/mol. The first-order valence-corrected chi connectivity index (χ1v) is 2.92. The van der Waals surface area contributed by atoms with E-state index in [4.69, 9.17) is 5.73 Å². The van der Waals surface area contributed by atoms with E-state index in [0.29, 0.717) is 0 Å². The van der Waals surface area contributed by atoms with E-state index >= 15 is 0 Å². The Morgan fingerprint density at radius 2 is 2.50 bits per heavy atom. The van der Waals surface area contributed by atoms with Crippen LogP contribution in [0.25, 0.3) is 12.2 Å². The largest absolute Gasteiger partial charge is 0.405 e. The maximum Gasteiger partial charge on any atom is 0.0664 e. The molecule has 0 unspecified atom stereocenters. The molecule has 0 aliphatic rings. The number of rotatable bonds is 2. The topological polar surface area (TPSA) is 54.7 Å². The van der Waals surface area contributed by atoms with Crippen molar-refractivity contribution in [2.75, 3.05) is 0 Å². The normalized spacial score (nSPS) is 10.4. The third-order valence-corrected chi connectivity index (χ3v) is 1.18. The summed E-state index contributed by atoms with van der Waals surface area (Å²) in [6.07, 6.45) is 6.62. The number of nitrogens with two attached hydrogens (primary N) is 1. The van der Waals surface area contributed by atoms with Gasteiger partial charge in [-0.15, -0.1) is 0 Å². The van der Waals surface area contributed by atoms with Gasteiger partial charge in [0.2, 0.25) is 0 Å². The Labute approximate surface area is 59.2 Å². The van der Waals surface area contributed by atoms with Crippen LogP contribution in [0.1, 0.15) is 11.3 Å². The van der Waals surface area contributed by atoms with Crippen molar-refractivity contribution in [3.05, 3.63) is 30.2 Å². The Kier molecular flexibility index (Phi) is 1.89. The lowest BCUT2D eigenvalue weighted by Crippen LogP contribution is -1.79. The van der Waals surface area contributed by atoms with Crippen LogP contribution in [-0.4, -0.2) is 10.2 Å². The number of H-pyrrole nitrogens is 1. The van der Waals surface area contributed by atoms with Crippen LogP contribution in [0.2, 0.25) is 0 Å². The standard InChI is InChI=1S/C7H9N3/c1-2-6-5-9-10-7(6)3-4-8/h2-5H,1,8H2,(H,9,10)/b4-3-. The zero-order valence-electron chi connectivity index (χ0n) is 5.54. The van der Waals surface area contributed by atoms with Crippen LogP contribution in [0, 0.1) is 0 Å². The molecule has 52 valence electrons. The molecule has 0 amide bonds. The monoisotopic (exact) mass is 135 g/mol. The second-order valence-corrected chi connectivity index (χ2v) is 1.80. The summed E-state index contributed by atoms with van der Waals surface area (Å²) in [6, 6.07) is 0. The summed E-state index contributed by atoms with van der Waals surface area (Å²) in [4.78, 5) is 0. The highest BCUT2D eigenvalue weighted by Crippen LogP contribution is 2.06. The molecule has 0 aromatic carbocycles. The van der Waals surface area contributed by atoms with Crippen molar-refractivity contribution in [3.8, 4) is 0 Å². The second kappa shape index (κ2) is 2.87. The van der Waals surface area contributed by atoms with E-state index in [1.165, 1.54) is 6.20 Å². The van der Waals surface area contributed by atoms with Gasteiger partial charge in [-0.25, -0.2) is 0 Å². The maximum atomic E-state index is 5.18. The molecule has 0 fully saturated rings. The van der Waals surface area contributed by atoms with E-state index in [1.807, 2.05) is 0 Å². The minimum atomic E-state index is 0.887. The molecule has 0 bridgehead atoms. The zero-order chi connectivity index (χ0) is 7.40. The average molecular weight is 135 g/mol. The van der Waals surface area contributed by atoms with E-state index in [1.54, 1.807) is 18.3 Å². The first-order valence-electron chi connectivity index (χ1n) is 2.92. The summed E-state index contributed by atoms with van der Waals surface area (Å²) in [5, 5.41) is 6.58. The molecule has 3 N–H and O–H groups in total. The van der Waals surface area contributed by atoms with Crippen molar-refractivity contribution in [3.63, 3.8) is 0 Å². The van der Waals surface area contributed by atoms with Crippen molar-refractivity contribution >= 4 is 12.2 Å². The molecule has 1 rings (SSSR count). The molecule has 3 nitrogen and oxygen atoms in total. The Hall–Kier alpha value is -1.51. The van der Waals surface area contributed by atoms with Crippen molar-refractivity contribution in [2.24, 2.45) is 5.73 Å². The van der Waals surface area contributed by atoms with Gasteiger partial charge in [0.05, 0.1) is 11.9 Å². The van der Waals surface area contributed by atoms with Gasteiger partial charge in [0, 0.05) is 5.56 Å². The van der Waals surface area contributed by atoms with Crippen molar-refractivity contribution < 1.29 is 0 Å². The molecule has 0 atom stereocenters. The highest BCUT2D eigenvalue weighted by molar-refractivity contribution is 5.60. The fourth-order valence-corrected chi connectivity index (χ4v) is 0.698. The molecule has 0 radical (unpaired) electrons. The molecule has 10 heavy (non-hydrogen) atoms. The van der Waals surface area contributed by atoms with E-state index < -0.39 is 0 Å². The molecule has 0 spiro atoms. The zero-order valence-corrected chi connectivity index (χ0v) is 5.54. The molecule has 0 aliphatic carbocycles. The highest BCUT2D eigenvalue weighted by Gasteiger charge is 1.94. The minimum Gasteiger partial charge on any atom is -0.405 e. The predicted molar refractivity (Wildman–Crippen MR) is 41.9 cm³/mol. The van der Waals surface area contributed by atoms with Gasteiger partial charge in [-0.3, -0.25) is 5.10 Å². The smallest absolute Gasteiger partial charge is 0.0664 e. The molecule has 0 aliphatic heterocycles. The third kappa shape index (κ3) is 1.07. The number of nitrogens with one attached hydrogen (secondary N) is 1. The lowest BCUT2D eigenvalue weighted by atomic mass is 10.2. The van der Waals surface area contributed by atoms with Crippen LogP contribution < -0.4 is 5.73 Å². The SMILES string of the molecule is C=Cc1cn[nH]c1/C=C\N. The maximum absolute atomic E-state index is 5.18. The van der Waals surface area contributed by atoms with E-state index in [2.05, 4.69) is 16.8 Å². The van der Waals surface area contributed by atoms with Gasteiger partial charge >= 0.3 is 0 Å². The highest BCUT2D eigenvalue weighted by atomic mass is 15.1. The van der Waals surface area contributed by atoms with Gasteiger partial charge in [-0.1, -0.05) is 12.7 Å². The van der Waals surface area contributed by atoms with Gasteiger partial charge in [-0.2, -0.15) is 5.10 Å². The molecule has 3 heteroatoms. The van der Waals surface area contributed by atoms with Gasteiger partial charge in [0.1, 0.15) is 0 Å². The van der Waals surface area contributed by atoms with Gasteiger partial charge in [0.15, 0.2) is 0 Å².